The Morgan fingerprint density at radius 1 is 1.21 bits per heavy atom. The van der Waals surface area contributed by atoms with Gasteiger partial charge in [-0.2, -0.15) is 0 Å². The molecule has 0 saturated carbocycles. The van der Waals surface area contributed by atoms with Crippen LogP contribution in [0.25, 0.3) is 0 Å². The molecule has 0 radical (unpaired) electrons. The highest BCUT2D eigenvalue weighted by Crippen LogP contribution is 2.29. The maximum Gasteiger partial charge on any atom is 0.227 e. The molecule has 2 atom stereocenters. The van der Waals surface area contributed by atoms with Gasteiger partial charge in [0.15, 0.2) is 5.82 Å². The van der Waals surface area contributed by atoms with Crippen molar-refractivity contribution in [3.05, 3.63) is 64.1 Å². The molecule has 6 nitrogen and oxygen atoms in total. The summed E-state index contributed by atoms with van der Waals surface area (Å²) in [6.45, 7) is 2.18. The van der Waals surface area contributed by atoms with Gasteiger partial charge in [0.05, 0.1) is 13.2 Å². The molecule has 1 N–H and O–H groups in total. The fourth-order valence-corrected chi connectivity index (χ4v) is 4.41. The molecule has 2 aromatic heterocycles. The van der Waals surface area contributed by atoms with Gasteiger partial charge in [-0.05, 0) is 36.3 Å². The minimum absolute atomic E-state index is 0.0599. The molecular weight excluding hydrogens is 372 g/mol. The first-order chi connectivity index (χ1) is 13.7. The Morgan fingerprint density at radius 2 is 2.07 bits per heavy atom. The summed E-state index contributed by atoms with van der Waals surface area (Å²) in [7, 11) is 1.93. The number of anilines is 1. The lowest BCUT2D eigenvalue weighted by atomic mass is 10.1. The van der Waals surface area contributed by atoms with E-state index in [9.17, 15) is 5.11 Å². The third-order valence-electron chi connectivity index (χ3n) is 5.18. The van der Waals surface area contributed by atoms with Gasteiger partial charge in [0.25, 0.3) is 0 Å². The first-order valence-electron chi connectivity index (χ1n) is 9.73. The van der Waals surface area contributed by atoms with Crippen LogP contribution in [0, 0.1) is 0 Å². The number of ether oxygens (including phenoxy) is 1. The van der Waals surface area contributed by atoms with Gasteiger partial charge >= 0.3 is 0 Å². The Hall–Kier alpha value is -2.22. The van der Waals surface area contributed by atoms with Gasteiger partial charge in [0, 0.05) is 18.5 Å². The number of rotatable bonds is 7. The van der Waals surface area contributed by atoms with Crippen molar-refractivity contribution in [3.8, 4) is 0 Å². The number of thiophene rings is 1. The van der Waals surface area contributed by atoms with Crippen molar-refractivity contribution in [1.29, 1.82) is 0 Å². The van der Waals surface area contributed by atoms with Crippen molar-refractivity contribution in [2.75, 3.05) is 24.6 Å². The maximum absolute atomic E-state index is 10.6. The molecule has 4 rings (SSSR count). The fourth-order valence-electron chi connectivity index (χ4n) is 3.65. The number of aromatic nitrogens is 3. The fraction of sp³-hybridized carbons (Fsp3) is 0.429. The number of aryl methyl sites for hydroxylation is 1. The second-order valence-corrected chi connectivity index (χ2v) is 8.11. The van der Waals surface area contributed by atoms with Crippen molar-refractivity contribution >= 4 is 17.3 Å². The van der Waals surface area contributed by atoms with Crippen LogP contribution in [0.2, 0.25) is 0 Å². The van der Waals surface area contributed by atoms with Crippen LogP contribution in [0.4, 0.5) is 5.95 Å². The molecule has 1 aliphatic rings. The molecule has 7 heteroatoms. The molecule has 2 unspecified atom stereocenters. The minimum Gasteiger partial charge on any atom is -0.385 e. The van der Waals surface area contributed by atoms with Crippen LogP contribution in [-0.2, 0) is 18.2 Å². The third kappa shape index (κ3) is 4.27. The van der Waals surface area contributed by atoms with Gasteiger partial charge in [0.1, 0.15) is 12.2 Å². The van der Waals surface area contributed by atoms with Gasteiger partial charge < -0.3 is 14.7 Å². The summed E-state index contributed by atoms with van der Waals surface area (Å²) in [5.74, 6) is 1.42. The Balaban J connectivity index is 1.38. The summed E-state index contributed by atoms with van der Waals surface area (Å²) < 4.78 is 7.85. The standard InChI is InChI=1S/C21H26N4O2S/c1-24-20(17(26)10-5-9-16-7-3-2-4-8-16)22-23-21(24)25-12-13-27-18(15-25)19-11-6-14-28-19/h2-4,6-8,11,14,17-18,26H,5,9-10,12-13,15H2,1H3. The molecule has 0 aliphatic carbocycles. The number of nitrogens with zero attached hydrogens (tertiary/aromatic N) is 4. The van der Waals surface area contributed by atoms with Gasteiger partial charge in [0.2, 0.25) is 5.95 Å². The highest BCUT2D eigenvalue weighted by atomic mass is 32.1. The van der Waals surface area contributed by atoms with Crippen molar-refractivity contribution in [1.82, 2.24) is 14.8 Å². The summed E-state index contributed by atoms with van der Waals surface area (Å²) in [4.78, 5) is 3.43. The molecule has 0 amide bonds. The summed E-state index contributed by atoms with van der Waals surface area (Å²) >= 11 is 1.71. The highest BCUT2D eigenvalue weighted by Gasteiger charge is 2.27. The number of benzene rings is 1. The van der Waals surface area contributed by atoms with E-state index in [1.165, 1.54) is 10.4 Å². The van der Waals surface area contributed by atoms with E-state index in [4.69, 9.17) is 4.74 Å². The largest absolute Gasteiger partial charge is 0.385 e. The van der Waals surface area contributed by atoms with Crippen LogP contribution < -0.4 is 4.90 Å². The van der Waals surface area contributed by atoms with E-state index in [-0.39, 0.29) is 6.10 Å². The van der Waals surface area contributed by atoms with Crippen LogP contribution in [-0.4, -0.2) is 39.6 Å². The minimum atomic E-state index is -0.607. The second kappa shape index (κ2) is 8.86. The van der Waals surface area contributed by atoms with E-state index in [0.29, 0.717) is 18.9 Å². The third-order valence-corrected chi connectivity index (χ3v) is 6.14. The van der Waals surface area contributed by atoms with Crippen LogP contribution in [0.15, 0.2) is 47.8 Å². The van der Waals surface area contributed by atoms with Crippen LogP contribution in [0.5, 0.6) is 0 Å². The van der Waals surface area contributed by atoms with Gasteiger partial charge in [-0.15, -0.1) is 21.5 Å². The molecule has 0 spiro atoms. The smallest absolute Gasteiger partial charge is 0.227 e. The SMILES string of the molecule is Cn1c(C(O)CCCc2ccccc2)nnc1N1CCOC(c2cccs2)C1. The second-order valence-electron chi connectivity index (χ2n) is 7.13. The molecule has 1 saturated heterocycles. The van der Waals surface area contributed by atoms with Crippen molar-refractivity contribution in [2.24, 2.45) is 7.05 Å². The van der Waals surface area contributed by atoms with E-state index in [1.807, 2.05) is 29.8 Å². The van der Waals surface area contributed by atoms with E-state index >= 15 is 0 Å². The number of hydrogen-bond acceptors (Lipinski definition) is 6. The van der Waals surface area contributed by atoms with Crippen molar-refractivity contribution in [2.45, 2.75) is 31.5 Å². The zero-order chi connectivity index (χ0) is 19.3. The topological polar surface area (TPSA) is 63.4 Å². The molecule has 148 valence electrons. The molecule has 0 bridgehead atoms. The Labute approximate surface area is 169 Å². The number of morpholine rings is 1. The predicted molar refractivity (Wildman–Crippen MR) is 111 cm³/mol. The van der Waals surface area contributed by atoms with Crippen LogP contribution in [0.1, 0.15) is 41.3 Å². The summed E-state index contributed by atoms with van der Waals surface area (Å²) in [5.41, 5.74) is 1.29. The highest BCUT2D eigenvalue weighted by molar-refractivity contribution is 7.10. The zero-order valence-corrected chi connectivity index (χ0v) is 16.9. The molecule has 3 heterocycles. The summed E-state index contributed by atoms with van der Waals surface area (Å²) in [6, 6.07) is 14.5. The zero-order valence-electron chi connectivity index (χ0n) is 16.1. The summed E-state index contributed by atoms with van der Waals surface area (Å²) in [5, 5.41) is 21.4. The van der Waals surface area contributed by atoms with E-state index in [0.717, 1.165) is 31.9 Å². The average Bonchev–Trinajstić information content (AvgIpc) is 3.39. The van der Waals surface area contributed by atoms with E-state index in [2.05, 4.69) is 44.7 Å². The van der Waals surface area contributed by atoms with Gasteiger partial charge in [-0.3, -0.25) is 4.57 Å². The Bertz CT molecular complexity index is 866. The van der Waals surface area contributed by atoms with Gasteiger partial charge in [-0.25, -0.2) is 0 Å². The number of hydrogen-bond donors (Lipinski definition) is 1. The molecular formula is C21H26N4O2S. The first kappa shape index (κ1) is 19.1. The Kier molecular flexibility index (Phi) is 6.04. The normalized spacial score (nSPS) is 18.4. The van der Waals surface area contributed by atoms with E-state index in [1.54, 1.807) is 11.3 Å². The number of aliphatic hydroxyl groups excluding tert-OH is 1. The van der Waals surface area contributed by atoms with Crippen LogP contribution >= 0.6 is 11.3 Å². The molecule has 1 fully saturated rings. The van der Waals surface area contributed by atoms with Crippen molar-refractivity contribution < 1.29 is 9.84 Å². The quantitative estimate of drug-likeness (QED) is 0.660. The maximum atomic E-state index is 10.6. The number of aliphatic hydroxyl groups is 1. The lowest BCUT2D eigenvalue weighted by molar-refractivity contribution is 0.0413. The molecule has 1 aromatic carbocycles. The Morgan fingerprint density at radius 3 is 2.86 bits per heavy atom. The predicted octanol–water partition coefficient (Wildman–Crippen LogP) is 3.51. The molecule has 28 heavy (non-hydrogen) atoms. The van der Waals surface area contributed by atoms with E-state index < -0.39 is 6.10 Å². The molecule has 1 aliphatic heterocycles. The summed E-state index contributed by atoms with van der Waals surface area (Å²) in [6.07, 6.45) is 1.98. The van der Waals surface area contributed by atoms with Crippen molar-refractivity contribution in [3.63, 3.8) is 0 Å². The van der Waals surface area contributed by atoms with Crippen LogP contribution in [0.3, 0.4) is 0 Å². The monoisotopic (exact) mass is 398 g/mol. The lowest BCUT2D eigenvalue weighted by Gasteiger charge is -2.32. The first-order valence-corrected chi connectivity index (χ1v) is 10.6. The molecule has 3 aromatic rings. The average molecular weight is 399 g/mol. The lowest BCUT2D eigenvalue weighted by Crippen LogP contribution is -2.39. The van der Waals surface area contributed by atoms with Gasteiger partial charge in [-0.1, -0.05) is 36.4 Å².